The van der Waals surface area contributed by atoms with Crippen molar-refractivity contribution in [3.05, 3.63) is 0 Å². The van der Waals surface area contributed by atoms with Crippen LogP contribution in [0.3, 0.4) is 0 Å². The highest BCUT2D eigenvalue weighted by atomic mass is 16.5. The molecule has 1 heterocycles. The molecule has 1 aliphatic rings. The molecule has 2 unspecified atom stereocenters. The fourth-order valence-electron chi connectivity index (χ4n) is 1.83. The Morgan fingerprint density at radius 1 is 1.62 bits per heavy atom. The molecule has 0 aromatic carbocycles. The van der Waals surface area contributed by atoms with E-state index in [-0.39, 0.29) is 5.91 Å². The summed E-state index contributed by atoms with van der Waals surface area (Å²) < 4.78 is 5.50. The average molecular weight is 228 g/mol. The summed E-state index contributed by atoms with van der Waals surface area (Å²) in [5.41, 5.74) is 5.21. The molecule has 0 spiro atoms. The maximum absolute atomic E-state index is 11.9. The lowest BCUT2D eigenvalue weighted by atomic mass is 9.86. The number of carbonyl (C=O) groups excluding carboxylic acids is 1. The predicted molar refractivity (Wildman–Crippen MR) is 64.1 cm³/mol. The van der Waals surface area contributed by atoms with Crippen molar-refractivity contribution in [1.82, 2.24) is 5.32 Å². The minimum Gasteiger partial charge on any atom is -0.378 e. The Kier molecular flexibility index (Phi) is 5.22. The predicted octanol–water partition coefficient (Wildman–Crippen LogP) is 1.05. The van der Waals surface area contributed by atoms with Crippen molar-refractivity contribution in [2.75, 3.05) is 19.7 Å². The van der Waals surface area contributed by atoms with Gasteiger partial charge in [0.1, 0.15) is 0 Å². The molecule has 0 aliphatic carbocycles. The van der Waals surface area contributed by atoms with Crippen LogP contribution in [0.25, 0.3) is 0 Å². The molecule has 0 bridgehead atoms. The highest BCUT2D eigenvalue weighted by Gasteiger charge is 2.29. The lowest BCUT2D eigenvalue weighted by Gasteiger charge is -2.25. The Morgan fingerprint density at radius 3 is 2.88 bits per heavy atom. The Hall–Kier alpha value is -0.610. The molecule has 1 aliphatic heterocycles. The largest absolute Gasteiger partial charge is 0.378 e. The molecule has 4 heteroatoms. The van der Waals surface area contributed by atoms with E-state index in [4.69, 9.17) is 10.5 Å². The van der Waals surface area contributed by atoms with Crippen LogP contribution >= 0.6 is 0 Å². The number of nitrogens with two attached hydrogens (primary N) is 1. The lowest BCUT2D eigenvalue weighted by molar-refractivity contribution is -0.129. The van der Waals surface area contributed by atoms with Gasteiger partial charge in [0.15, 0.2) is 0 Å². The smallest absolute Gasteiger partial charge is 0.227 e. The van der Waals surface area contributed by atoms with Crippen molar-refractivity contribution in [1.29, 1.82) is 0 Å². The minimum absolute atomic E-state index is 0.0653. The zero-order chi connectivity index (χ0) is 12.0. The first kappa shape index (κ1) is 13.5. The summed E-state index contributed by atoms with van der Waals surface area (Å²) in [5.74, 6) is 0.0653. The molecule has 0 saturated carbocycles. The second kappa shape index (κ2) is 6.21. The quantitative estimate of drug-likeness (QED) is 0.714. The second-order valence-corrected chi connectivity index (χ2v) is 4.80. The first-order chi connectivity index (χ1) is 7.62. The van der Waals surface area contributed by atoms with E-state index in [1.54, 1.807) is 0 Å². The Morgan fingerprint density at radius 2 is 2.38 bits per heavy atom. The van der Waals surface area contributed by atoms with E-state index < -0.39 is 5.41 Å². The average Bonchev–Trinajstić information content (AvgIpc) is 2.80. The van der Waals surface area contributed by atoms with Gasteiger partial charge in [0, 0.05) is 19.7 Å². The standard InChI is InChI=1S/C12H24N2O2/c1-3-12(2,9-13)11(15)14-7-6-10-5-4-8-16-10/h10H,3-9,13H2,1-2H3,(H,14,15). The molecule has 3 N–H and O–H groups in total. The van der Waals surface area contributed by atoms with Gasteiger partial charge in [0.05, 0.1) is 11.5 Å². The molecule has 0 radical (unpaired) electrons. The monoisotopic (exact) mass is 228 g/mol. The molecular weight excluding hydrogens is 204 g/mol. The molecule has 1 saturated heterocycles. The molecule has 16 heavy (non-hydrogen) atoms. The molecule has 0 aromatic rings. The van der Waals surface area contributed by atoms with Crippen LogP contribution in [0.4, 0.5) is 0 Å². The SMILES string of the molecule is CCC(C)(CN)C(=O)NCCC1CCCO1. The number of amides is 1. The fraction of sp³-hybridized carbons (Fsp3) is 0.917. The number of hydrogen-bond donors (Lipinski definition) is 2. The summed E-state index contributed by atoms with van der Waals surface area (Å²) in [4.78, 5) is 11.9. The molecule has 94 valence electrons. The molecule has 1 amide bonds. The summed E-state index contributed by atoms with van der Waals surface area (Å²) in [6.07, 6.45) is 4.29. The van der Waals surface area contributed by atoms with E-state index >= 15 is 0 Å². The van der Waals surface area contributed by atoms with Crippen molar-refractivity contribution in [3.8, 4) is 0 Å². The third-order valence-electron chi connectivity index (χ3n) is 3.55. The number of hydrogen-bond acceptors (Lipinski definition) is 3. The fourth-order valence-corrected chi connectivity index (χ4v) is 1.83. The third kappa shape index (κ3) is 3.46. The van der Waals surface area contributed by atoms with Gasteiger partial charge in [0.25, 0.3) is 0 Å². The van der Waals surface area contributed by atoms with E-state index in [2.05, 4.69) is 5.32 Å². The topological polar surface area (TPSA) is 64.4 Å². The van der Waals surface area contributed by atoms with Gasteiger partial charge in [-0.15, -0.1) is 0 Å². The van der Waals surface area contributed by atoms with E-state index in [1.807, 2.05) is 13.8 Å². The van der Waals surface area contributed by atoms with Crippen LogP contribution in [0, 0.1) is 5.41 Å². The molecule has 4 nitrogen and oxygen atoms in total. The number of carbonyl (C=O) groups is 1. The minimum atomic E-state index is -0.420. The normalized spacial score (nSPS) is 24.1. The van der Waals surface area contributed by atoms with Crippen molar-refractivity contribution < 1.29 is 9.53 Å². The summed E-state index contributed by atoms with van der Waals surface area (Å²) in [6.45, 7) is 5.86. The number of rotatable bonds is 6. The molecule has 0 aromatic heterocycles. The maximum atomic E-state index is 11.9. The van der Waals surface area contributed by atoms with Gasteiger partial charge >= 0.3 is 0 Å². The summed E-state index contributed by atoms with van der Waals surface area (Å²) in [7, 11) is 0. The van der Waals surface area contributed by atoms with Crippen molar-refractivity contribution in [2.24, 2.45) is 11.1 Å². The van der Waals surface area contributed by atoms with Crippen LogP contribution in [0.15, 0.2) is 0 Å². The zero-order valence-electron chi connectivity index (χ0n) is 10.4. The molecular formula is C12H24N2O2. The summed E-state index contributed by atoms with van der Waals surface area (Å²) in [6, 6.07) is 0. The molecule has 2 atom stereocenters. The van der Waals surface area contributed by atoms with Gasteiger partial charge in [-0.2, -0.15) is 0 Å². The zero-order valence-corrected chi connectivity index (χ0v) is 10.4. The maximum Gasteiger partial charge on any atom is 0.227 e. The van der Waals surface area contributed by atoms with Crippen molar-refractivity contribution in [2.45, 2.75) is 45.6 Å². The Labute approximate surface area is 97.9 Å². The van der Waals surface area contributed by atoms with Gasteiger partial charge in [0.2, 0.25) is 5.91 Å². The highest BCUT2D eigenvalue weighted by molar-refractivity contribution is 5.82. The lowest BCUT2D eigenvalue weighted by Crippen LogP contribution is -2.44. The van der Waals surface area contributed by atoms with Gasteiger partial charge in [-0.05, 0) is 32.6 Å². The van der Waals surface area contributed by atoms with Gasteiger partial charge < -0.3 is 15.8 Å². The second-order valence-electron chi connectivity index (χ2n) is 4.80. The van der Waals surface area contributed by atoms with Gasteiger partial charge in [-0.25, -0.2) is 0 Å². The Balaban J connectivity index is 2.23. The van der Waals surface area contributed by atoms with Crippen molar-refractivity contribution >= 4 is 5.91 Å². The van der Waals surface area contributed by atoms with Gasteiger partial charge in [-0.1, -0.05) is 6.92 Å². The summed E-state index contributed by atoms with van der Waals surface area (Å²) in [5, 5.41) is 2.95. The van der Waals surface area contributed by atoms with Crippen LogP contribution in [0.1, 0.15) is 39.5 Å². The third-order valence-corrected chi connectivity index (χ3v) is 3.55. The van der Waals surface area contributed by atoms with E-state index in [0.29, 0.717) is 19.2 Å². The van der Waals surface area contributed by atoms with Crippen LogP contribution in [-0.4, -0.2) is 31.7 Å². The first-order valence-electron chi connectivity index (χ1n) is 6.22. The number of ether oxygens (including phenoxy) is 1. The van der Waals surface area contributed by atoms with Gasteiger partial charge in [-0.3, -0.25) is 4.79 Å². The van der Waals surface area contributed by atoms with Crippen molar-refractivity contribution in [3.63, 3.8) is 0 Å². The summed E-state index contributed by atoms with van der Waals surface area (Å²) >= 11 is 0. The van der Waals surface area contributed by atoms with E-state index in [1.165, 1.54) is 0 Å². The molecule has 1 rings (SSSR count). The van der Waals surface area contributed by atoms with Crippen LogP contribution in [-0.2, 0) is 9.53 Å². The number of nitrogens with one attached hydrogen (secondary N) is 1. The highest BCUT2D eigenvalue weighted by Crippen LogP contribution is 2.19. The van der Waals surface area contributed by atoms with Crippen LogP contribution in [0.2, 0.25) is 0 Å². The first-order valence-corrected chi connectivity index (χ1v) is 6.22. The van der Waals surface area contributed by atoms with Crippen LogP contribution < -0.4 is 11.1 Å². The van der Waals surface area contributed by atoms with E-state index in [9.17, 15) is 4.79 Å². The Bertz CT molecular complexity index is 221. The molecule has 1 fully saturated rings. The van der Waals surface area contributed by atoms with Crippen LogP contribution in [0.5, 0.6) is 0 Å². The van der Waals surface area contributed by atoms with E-state index in [0.717, 1.165) is 32.3 Å².